The van der Waals surface area contributed by atoms with E-state index in [-0.39, 0.29) is 22.7 Å². The predicted molar refractivity (Wildman–Crippen MR) is 69.5 cm³/mol. The minimum atomic E-state index is -0.123. The summed E-state index contributed by atoms with van der Waals surface area (Å²) >= 11 is 5.78. The van der Waals surface area contributed by atoms with Gasteiger partial charge in [0.2, 0.25) is 0 Å². The maximum Gasteiger partial charge on any atom is 0.254 e. The molecule has 3 nitrogen and oxygen atoms in total. The number of rotatable bonds is 4. The van der Waals surface area contributed by atoms with E-state index in [0.717, 1.165) is 0 Å². The largest absolute Gasteiger partial charge is 0.506 e. The van der Waals surface area contributed by atoms with Crippen LogP contribution in [0.15, 0.2) is 30.9 Å². The monoisotopic (exact) mass is 253 g/mol. The van der Waals surface area contributed by atoms with Crippen molar-refractivity contribution in [1.29, 1.82) is 0 Å². The first-order valence-electron chi connectivity index (χ1n) is 5.37. The van der Waals surface area contributed by atoms with E-state index in [1.807, 2.05) is 13.8 Å². The molecule has 0 aliphatic rings. The third kappa shape index (κ3) is 3.24. The predicted octanol–water partition coefficient (Wildman–Crippen LogP) is 3.08. The van der Waals surface area contributed by atoms with Gasteiger partial charge in [-0.1, -0.05) is 17.7 Å². The van der Waals surface area contributed by atoms with Crippen LogP contribution in [0.3, 0.4) is 0 Å². The van der Waals surface area contributed by atoms with Crippen LogP contribution in [0, 0.1) is 0 Å². The molecule has 0 heterocycles. The van der Waals surface area contributed by atoms with Crippen LogP contribution in [-0.2, 0) is 0 Å². The smallest absolute Gasteiger partial charge is 0.254 e. The number of hydrogen-bond acceptors (Lipinski definition) is 2. The number of carbonyl (C=O) groups is 1. The van der Waals surface area contributed by atoms with E-state index in [4.69, 9.17) is 11.6 Å². The molecule has 1 rings (SSSR count). The molecule has 1 aromatic rings. The molecule has 0 unspecified atom stereocenters. The average Bonchev–Trinajstić information content (AvgIpc) is 2.28. The number of amides is 1. The molecule has 0 aliphatic carbocycles. The summed E-state index contributed by atoms with van der Waals surface area (Å²) in [5.41, 5.74) is 0.461. The van der Waals surface area contributed by atoms with Crippen LogP contribution in [-0.4, -0.2) is 28.5 Å². The quantitative estimate of drug-likeness (QED) is 0.838. The van der Waals surface area contributed by atoms with E-state index in [0.29, 0.717) is 12.1 Å². The molecule has 0 spiro atoms. The van der Waals surface area contributed by atoms with Crippen LogP contribution < -0.4 is 0 Å². The lowest BCUT2D eigenvalue weighted by molar-refractivity contribution is 0.0729. The summed E-state index contributed by atoms with van der Waals surface area (Å²) in [6, 6.07) is 4.52. The van der Waals surface area contributed by atoms with Crippen molar-refractivity contribution < 1.29 is 9.90 Å². The first-order valence-corrected chi connectivity index (χ1v) is 5.75. The minimum Gasteiger partial charge on any atom is -0.506 e. The van der Waals surface area contributed by atoms with Crippen LogP contribution in [0.5, 0.6) is 5.75 Å². The van der Waals surface area contributed by atoms with Crippen molar-refractivity contribution in [3.05, 3.63) is 41.4 Å². The maximum atomic E-state index is 12.2. The minimum absolute atomic E-state index is 0.0250. The highest BCUT2D eigenvalue weighted by Gasteiger charge is 2.18. The maximum absolute atomic E-state index is 12.2. The zero-order chi connectivity index (χ0) is 13.0. The van der Waals surface area contributed by atoms with Gasteiger partial charge in [0, 0.05) is 18.2 Å². The Bertz CT molecular complexity index is 429. The van der Waals surface area contributed by atoms with E-state index >= 15 is 0 Å². The molecule has 17 heavy (non-hydrogen) atoms. The van der Waals surface area contributed by atoms with Gasteiger partial charge < -0.3 is 10.0 Å². The molecule has 4 heteroatoms. The SMILES string of the molecule is C=CCN(C(=O)c1ccc(O)c(Cl)c1)C(C)C. The first-order chi connectivity index (χ1) is 7.97. The fourth-order valence-corrected chi connectivity index (χ4v) is 1.65. The summed E-state index contributed by atoms with van der Waals surface area (Å²) in [5.74, 6) is -0.148. The summed E-state index contributed by atoms with van der Waals surface area (Å²) in [7, 11) is 0. The second-order valence-corrected chi connectivity index (χ2v) is 4.41. The molecule has 0 radical (unpaired) electrons. The molecule has 0 aliphatic heterocycles. The molecule has 0 atom stereocenters. The van der Waals surface area contributed by atoms with Crippen LogP contribution >= 0.6 is 11.6 Å². The zero-order valence-electron chi connectivity index (χ0n) is 9.98. The Morgan fingerprint density at radius 2 is 2.24 bits per heavy atom. The second-order valence-electron chi connectivity index (χ2n) is 4.01. The molecule has 0 fully saturated rings. The molecule has 1 N–H and O–H groups in total. The zero-order valence-corrected chi connectivity index (χ0v) is 10.7. The van der Waals surface area contributed by atoms with Crippen molar-refractivity contribution in [2.45, 2.75) is 19.9 Å². The van der Waals surface area contributed by atoms with Crippen LogP contribution in [0.4, 0.5) is 0 Å². The fourth-order valence-electron chi connectivity index (χ4n) is 1.47. The Kier molecular flexibility index (Phi) is 4.58. The Morgan fingerprint density at radius 3 is 2.71 bits per heavy atom. The summed E-state index contributed by atoms with van der Waals surface area (Å²) in [5, 5.41) is 9.48. The second kappa shape index (κ2) is 5.73. The summed E-state index contributed by atoms with van der Waals surface area (Å²) in [6.45, 7) is 7.98. The van der Waals surface area contributed by atoms with Gasteiger partial charge in [-0.25, -0.2) is 0 Å². The number of phenols is 1. The lowest BCUT2D eigenvalue weighted by Gasteiger charge is -2.25. The molecule has 1 amide bonds. The van der Waals surface area contributed by atoms with Gasteiger partial charge in [-0.3, -0.25) is 4.79 Å². The molecule has 0 saturated carbocycles. The van der Waals surface area contributed by atoms with Crippen LogP contribution in [0.2, 0.25) is 5.02 Å². The van der Waals surface area contributed by atoms with Crippen molar-refractivity contribution in [2.75, 3.05) is 6.54 Å². The third-order valence-electron chi connectivity index (χ3n) is 2.40. The Balaban J connectivity index is 3.00. The van der Waals surface area contributed by atoms with E-state index in [2.05, 4.69) is 6.58 Å². The summed E-state index contributed by atoms with van der Waals surface area (Å²) in [4.78, 5) is 13.9. The Labute approximate surface area is 106 Å². The summed E-state index contributed by atoms with van der Waals surface area (Å²) in [6.07, 6.45) is 1.68. The van der Waals surface area contributed by atoms with Gasteiger partial charge in [0.15, 0.2) is 0 Å². The highest BCUT2D eigenvalue weighted by atomic mass is 35.5. The van der Waals surface area contributed by atoms with E-state index in [1.165, 1.54) is 12.1 Å². The van der Waals surface area contributed by atoms with Crippen molar-refractivity contribution >= 4 is 17.5 Å². The van der Waals surface area contributed by atoms with E-state index < -0.39 is 0 Å². The number of benzene rings is 1. The molecular weight excluding hydrogens is 238 g/mol. The van der Waals surface area contributed by atoms with Crippen molar-refractivity contribution in [1.82, 2.24) is 4.90 Å². The van der Waals surface area contributed by atoms with Gasteiger partial charge >= 0.3 is 0 Å². The fraction of sp³-hybridized carbons (Fsp3) is 0.308. The van der Waals surface area contributed by atoms with E-state index in [9.17, 15) is 9.90 Å². The van der Waals surface area contributed by atoms with Crippen LogP contribution in [0.25, 0.3) is 0 Å². The van der Waals surface area contributed by atoms with Crippen molar-refractivity contribution in [2.24, 2.45) is 0 Å². The van der Waals surface area contributed by atoms with Gasteiger partial charge in [-0.2, -0.15) is 0 Å². The van der Waals surface area contributed by atoms with Gasteiger partial charge in [-0.15, -0.1) is 6.58 Å². The first kappa shape index (κ1) is 13.6. The van der Waals surface area contributed by atoms with Crippen molar-refractivity contribution in [3.63, 3.8) is 0 Å². The Hall–Kier alpha value is -1.48. The Morgan fingerprint density at radius 1 is 1.59 bits per heavy atom. The van der Waals surface area contributed by atoms with Crippen molar-refractivity contribution in [3.8, 4) is 5.75 Å². The van der Waals surface area contributed by atoms with Gasteiger partial charge in [0.1, 0.15) is 5.75 Å². The average molecular weight is 254 g/mol. The number of nitrogens with zero attached hydrogens (tertiary/aromatic N) is 1. The highest BCUT2D eigenvalue weighted by molar-refractivity contribution is 6.32. The standard InChI is InChI=1S/C13H16ClNO2/c1-4-7-15(9(2)3)13(17)10-5-6-12(16)11(14)8-10/h4-6,8-9,16H,1,7H2,2-3H3. The molecule has 1 aromatic carbocycles. The van der Waals surface area contributed by atoms with Gasteiger partial charge in [0.25, 0.3) is 5.91 Å². The third-order valence-corrected chi connectivity index (χ3v) is 2.71. The van der Waals surface area contributed by atoms with Gasteiger partial charge in [0.05, 0.1) is 5.02 Å². The normalized spacial score (nSPS) is 10.4. The lowest BCUT2D eigenvalue weighted by atomic mass is 10.1. The highest BCUT2D eigenvalue weighted by Crippen LogP contribution is 2.24. The van der Waals surface area contributed by atoms with Crippen LogP contribution in [0.1, 0.15) is 24.2 Å². The molecule has 92 valence electrons. The lowest BCUT2D eigenvalue weighted by Crippen LogP contribution is -2.37. The number of carbonyl (C=O) groups excluding carboxylic acids is 1. The number of halogens is 1. The molecular formula is C13H16ClNO2. The number of aromatic hydroxyl groups is 1. The molecule has 0 bridgehead atoms. The number of phenolic OH excluding ortho intramolecular Hbond substituents is 1. The van der Waals surface area contributed by atoms with E-state index in [1.54, 1.807) is 17.0 Å². The topological polar surface area (TPSA) is 40.5 Å². The molecule has 0 aromatic heterocycles. The molecule has 0 saturated heterocycles. The van der Waals surface area contributed by atoms with Gasteiger partial charge in [-0.05, 0) is 32.0 Å². The number of hydrogen-bond donors (Lipinski definition) is 1. The summed E-state index contributed by atoms with van der Waals surface area (Å²) < 4.78 is 0.